The quantitative estimate of drug-likeness (QED) is 0.662. The highest BCUT2D eigenvalue weighted by atomic mass is 16.2. The highest BCUT2D eigenvalue weighted by Gasteiger charge is 2.30. The largest absolute Gasteiger partial charge is 0.274 e. The Kier molecular flexibility index (Phi) is 6.17. The minimum atomic E-state index is -0.550. The van der Waals surface area contributed by atoms with Crippen LogP contribution in [0, 0.1) is 0 Å². The van der Waals surface area contributed by atoms with E-state index in [9.17, 15) is 19.2 Å². The zero-order chi connectivity index (χ0) is 21.7. The van der Waals surface area contributed by atoms with Crippen LogP contribution in [0.4, 0.5) is 11.4 Å². The molecule has 0 saturated carbocycles. The Morgan fingerprint density at radius 3 is 1.10 bits per heavy atom. The van der Waals surface area contributed by atoms with Crippen molar-refractivity contribution in [2.75, 3.05) is 9.80 Å². The molecule has 150 valence electrons. The lowest BCUT2D eigenvalue weighted by atomic mass is 10.1. The Bertz CT molecular complexity index is 1010. The van der Waals surface area contributed by atoms with E-state index in [4.69, 9.17) is 0 Å². The molecule has 4 amide bonds. The molecule has 6 nitrogen and oxygen atoms in total. The number of hydrogen-bond acceptors (Lipinski definition) is 4. The van der Waals surface area contributed by atoms with E-state index in [2.05, 4.69) is 0 Å². The SMILES string of the molecule is CC(=O)N(C(=O)c1ccccc1)c1ccccc1N(C(C)=O)C(=O)c1ccccc1. The molecule has 3 rings (SSSR count). The summed E-state index contributed by atoms with van der Waals surface area (Å²) < 4.78 is 0. The van der Waals surface area contributed by atoms with E-state index in [1.165, 1.54) is 26.0 Å². The number of anilines is 2. The van der Waals surface area contributed by atoms with Gasteiger partial charge in [0.15, 0.2) is 0 Å². The van der Waals surface area contributed by atoms with Crippen LogP contribution in [0.25, 0.3) is 0 Å². The van der Waals surface area contributed by atoms with Crippen LogP contribution in [0.1, 0.15) is 34.6 Å². The van der Waals surface area contributed by atoms with Gasteiger partial charge in [0, 0.05) is 25.0 Å². The van der Waals surface area contributed by atoms with E-state index >= 15 is 0 Å². The highest BCUT2D eigenvalue weighted by Crippen LogP contribution is 2.32. The molecule has 6 heteroatoms. The molecule has 0 aliphatic carbocycles. The molecule has 0 atom stereocenters. The lowest BCUT2D eigenvalue weighted by molar-refractivity contribution is -0.117. The minimum Gasteiger partial charge on any atom is -0.274 e. The second kappa shape index (κ2) is 8.96. The van der Waals surface area contributed by atoms with Crippen molar-refractivity contribution >= 4 is 35.0 Å². The molecule has 0 aliphatic heterocycles. The summed E-state index contributed by atoms with van der Waals surface area (Å²) in [6.45, 7) is 2.52. The van der Waals surface area contributed by atoms with Gasteiger partial charge in [-0.25, -0.2) is 9.80 Å². The molecule has 0 spiro atoms. The first-order chi connectivity index (χ1) is 14.4. The summed E-state index contributed by atoms with van der Waals surface area (Å²) >= 11 is 0. The molecular formula is C24H20N2O4. The highest BCUT2D eigenvalue weighted by molar-refractivity contribution is 6.26. The van der Waals surface area contributed by atoms with Crippen LogP contribution in [-0.4, -0.2) is 23.6 Å². The fourth-order valence-electron chi connectivity index (χ4n) is 3.11. The zero-order valence-electron chi connectivity index (χ0n) is 16.6. The van der Waals surface area contributed by atoms with Gasteiger partial charge in [0.2, 0.25) is 11.8 Å². The van der Waals surface area contributed by atoms with Crippen LogP contribution in [0.5, 0.6) is 0 Å². The zero-order valence-corrected chi connectivity index (χ0v) is 16.6. The number of hydrogen-bond donors (Lipinski definition) is 0. The van der Waals surface area contributed by atoms with E-state index in [1.807, 2.05) is 0 Å². The summed E-state index contributed by atoms with van der Waals surface area (Å²) in [6, 6.07) is 23.0. The van der Waals surface area contributed by atoms with Crippen molar-refractivity contribution in [2.45, 2.75) is 13.8 Å². The van der Waals surface area contributed by atoms with Crippen LogP contribution in [0.2, 0.25) is 0 Å². The standard InChI is InChI=1S/C24H20N2O4/c1-17(27)25(23(29)19-11-5-3-6-12-19)21-15-9-10-16-22(21)26(18(2)28)24(30)20-13-7-4-8-14-20/h3-16H,1-2H3. The average molecular weight is 400 g/mol. The molecule has 0 N–H and O–H groups in total. The van der Waals surface area contributed by atoms with Crippen molar-refractivity contribution < 1.29 is 19.2 Å². The summed E-state index contributed by atoms with van der Waals surface area (Å²) in [5, 5.41) is 0. The number of carbonyl (C=O) groups is 4. The second-order valence-electron chi connectivity index (χ2n) is 6.54. The maximum Gasteiger partial charge on any atom is 0.265 e. The molecule has 0 saturated heterocycles. The van der Waals surface area contributed by atoms with Crippen molar-refractivity contribution in [3.63, 3.8) is 0 Å². The van der Waals surface area contributed by atoms with E-state index in [-0.39, 0.29) is 11.4 Å². The number of nitrogens with zero attached hydrogens (tertiary/aromatic N) is 2. The third kappa shape index (κ3) is 4.17. The number of rotatable bonds is 4. The van der Waals surface area contributed by atoms with Crippen molar-refractivity contribution in [1.82, 2.24) is 0 Å². The number of para-hydroxylation sites is 2. The first-order valence-corrected chi connectivity index (χ1v) is 9.31. The molecule has 3 aromatic carbocycles. The van der Waals surface area contributed by atoms with Crippen molar-refractivity contribution in [3.05, 3.63) is 96.1 Å². The maximum absolute atomic E-state index is 13.1. The van der Waals surface area contributed by atoms with Gasteiger partial charge in [-0.05, 0) is 36.4 Å². The molecule has 0 unspecified atom stereocenters. The van der Waals surface area contributed by atoms with Gasteiger partial charge in [-0.15, -0.1) is 0 Å². The second-order valence-corrected chi connectivity index (χ2v) is 6.54. The fourth-order valence-corrected chi connectivity index (χ4v) is 3.11. The molecule has 30 heavy (non-hydrogen) atoms. The van der Waals surface area contributed by atoms with Gasteiger partial charge in [0.05, 0.1) is 11.4 Å². The molecule has 0 heterocycles. The van der Waals surface area contributed by atoms with E-state index in [0.717, 1.165) is 9.80 Å². The Balaban J connectivity index is 2.13. The van der Waals surface area contributed by atoms with Crippen molar-refractivity contribution in [1.29, 1.82) is 0 Å². The molecule has 0 aliphatic rings. The molecular weight excluding hydrogens is 380 g/mol. The topological polar surface area (TPSA) is 74.8 Å². The van der Waals surface area contributed by atoms with Gasteiger partial charge in [0.1, 0.15) is 0 Å². The normalized spacial score (nSPS) is 10.2. The van der Waals surface area contributed by atoms with E-state index < -0.39 is 23.6 Å². The Morgan fingerprint density at radius 2 is 0.800 bits per heavy atom. The van der Waals surface area contributed by atoms with Gasteiger partial charge >= 0.3 is 0 Å². The van der Waals surface area contributed by atoms with Gasteiger partial charge in [-0.1, -0.05) is 48.5 Å². The number of amides is 4. The summed E-state index contributed by atoms with van der Waals surface area (Å²) in [5.41, 5.74) is 0.925. The summed E-state index contributed by atoms with van der Waals surface area (Å²) in [5.74, 6) is -2.17. The summed E-state index contributed by atoms with van der Waals surface area (Å²) in [4.78, 5) is 53.0. The number of carbonyl (C=O) groups excluding carboxylic acids is 4. The molecule has 0 aromatic heterocycles. The summed E-state index contributed by atoms with van der Waals surface area (Å²) in [7, 11) is 0. The number of imide groups is 2. The van der Waals surface area contributed by atoms with E-state index in [1.54, 1.807) is 72.8 Å². The van der Waals surface area contributed by atoms with Crippen LogP contribution >= 0.6 is 0 Å². The van der Waals surface area contributed by atoms with Crippen LogP contribution in [0.3, 0.4) is 0 Å². The molecule has 0 fully saturated rings. The molecule has 0 bridgehead atoms. The van der Waals surface area contributed by atoms with Crippen LogP contribution < -0.4 is 9.80 Å². The van der Waals surface area contributed by atoms with Crippen molar-refractivity contribution in [2.24, 2.45) is 0 Å². The third-order valence-corrected chi connectivity index (χ3v) is 4.44. The average Bonchev–Trinajstić information content (AvgIpc) is 2.75. The summed E-state index contributed by atoms with van der Waals surface area (Å²) in [6.07, 6.45) is 0. The first-order valence-electron chi connectivity index (χ1n) is 9.31. The molecule has 3 aromatic rings. The lowest BCUT2D eigenvalue weighted by Crippen LogP contribution is -2.40. The Labute approximate surface area is 174 Å². The van der Waals surface area contributed by atoms with Crippen molar-refractivity contribution in [3.8, 4) is 0 Å². The third-order valence-electron chi connectivity index (χ3n) is 4.44. The fraction of sp³-hybridized carbons (Fsp3) is 0.0833. The van der Waals surface area contributed by atoms with Gasteiger partial charge in [0.25, 0.3) is 11.8 Å². The van der Waals surface area contributed by atoms with Crippen LogP contribution in [0.15, 0.2) is 84.9 Å². The first kappa shape index (κ1) is 20.7. The van der Waals surface area contributed by atoms with Gasteiger partial charge in [-0.2, -0.15) is 0 Å². The van der Waals surface area contributed by atoms with Gasteiger partial charge < -0.3 is 0 Å². The predicted octanol–water partition coefficient (Wildman–Crippen LogP) is 4.07. The number of benzene rings is 3. The Morgan fingerprint density at radius 1 is 0.500 bits per heavy atom. The Hall–Kier alpha value is -4.06. The lowest BCUT2D eigenvalue weighted by Gasteiger charge is -2.27. The van der Waals surface area contributed by atoms with Crippen LogP contribution in [-0.2, 0) is 9.59 Å². The molecule has 0 radical (unpaired) electrons. The monoisotopic (exact) mass is 400 g/mol. The van der Waals surface area contributed by atoms with E-state index in [0.29, 0.717) is 11.1 Å². The van der Waals surface area contributed by atoms with Gasteiger partial charge in [-0.3, -0.25) is 19.2 Å². The minimum absolute atomic E-state index is 0.151. The smallest absolute Gasteiger partial charge is 0.265 e. The maximum atomic E-state index is 13.1. The predicted molar refractivity (Wildman–Crippen MR) is 114 cm³/mol.